The number of nitrogens with one attached hydrogen (secondary N) is 1. The summed E-state index contributed by atoms with van der Waals surface area (Å²) >= 11 is 0. The molecule has 1 fully saturated rings. The molecule has 2 aromatic heterocycles. The molecule has 1 unspecified atom stereocenters. The van der Waals surface area contributed by atoms with E-state index in [0.29, 0.717) is 6.04 Å². The quantitative estimate of drug-likeness (QED) is 0.901. The normalized spacial score (nSPS) is 18.9. The van der Waals surface area contributed by atoms with Gasteiger partial charge in [0.25, 0.3) is 0 Å². The molecule has 1 saturated heterocycles. The molecular weight excluding hydrogens is 264 g/mol. The molecule has 1 aliphatic heterocycles. The maximum Gasteiger partial charge on any atom is 0.225 e. The molecule has 1 atom stereocenters. The zero-order valence-corrected chi connectivity index (χ0v) is 12.4. The first-order valence-corrected chi connectivity index (χ1v) is 7.62. The van der Waals surface area contributed by atoms with Crippen LogP contribution < -0.4 is 10.2 Å². The second-order valence-corrected chi connectivity index (χ2v) is 5.34. The maximum atomic E-state index is 4.41. The van der Waals surface area contributed by atoms with Crippen molar-refractivity contribution in [1.82, 2.24) is 24.8 Å². The van der Waals surface area contributed by atoms with E-state index < -0.39 is 0 Å². The average Bonchev–Trinajstić information content (AvgIpc) is 3.01. The number of nitrogens with zero attached hydrogens (tertiary/aromatic N) is 5. The lowest BCUT2D eigenvalue weighted by atomic mass is 10.1. The van der Waals surface area contributed by atoms with Crippen LogP contribution in [0, 0.1) is 0 Å². The van der Waals surface area contributed by atoms with Gasteiger partial charge in [0, 0.05) is 50.5 Å². The molecule has 0 saturated carbocycles. The lowest BCUT2D eigenvalue weighted by molar-refractivity contribution is 0.410. The maximum absolute atomic E-state index is 4.41. The predicted octanol–water partition coefficient (Wildman–Crippen LogP) is 1.45. The molecule has 0 aromatic carbocycles. The Labute approximate surface area is 125 Å². The summed E-state index contributed by atoms with van der Waals surface area (Å²) in [5.74, 6) is 1.93. The van der Waals surface area contributed by atoms with E-state index in [-0.39, 0.29) is 0 Å². The molecular formula is C15H22N6. The number of aryl methyl sites for hydroxylation is 1. The Hall–Kier alpha value is -1.95. The number of aromatic nitrogens is 4. The Morgan fingerprint density at radius 3 is 2.90 bits per heavy atom. The Bertz CT molecular complexity index is 552. The van der Waals surface area contributed by atoms with Gasteiger partial charge in [0.2, 0.25) is 5.95 Å². The first-order valence-electron chi connectivity index (χ1n) is 7.62. The third-order valence-corrected chi connectivity index (χ3v) is 3.95. The van der Waals surface area contributed by atoms with E-state index in [0.717, 1.165) is 44.4 Å². The average molecular weight is 286 g/mol. The van der Waals surface area contributed by atoms with Gasteiger partial charge in [-0.15, -0.1) is 0 Å². The van der Waals surface area contributed by atoms with Crippen LogP contribution in [0.4, 0.5) is 5.95 Å². The van der Waals surface area contributed by atoms with Crippen molar-refractivity contribution >= 4 is 5.95 Å². The molecule has 0 radical (unpaired) electrons. The van der Waals surface area contributed by atoms with E-state index in [9.17, 15) is 0 Å². The summed E-state index contributed by atoms with van der Waals surface area (Å²) in [4.78, 5) is 15.4. The van der Waals surface area contributed by atoms with Gasteiger partial charge < -0.3 is 14.8 Å². The fourth-order valence-corrected chi connectivity index (χ4v) is 2.81. The van der Waals surface area contributed by atoms with Crippen molar-refractivity contribution in [3.8, 4) is 0 Å². The van der Waals surface area contributed by atoms with Gasteiger partial charge in [-0.2, -0.15) is 0 Å². The number of piperidine rings is 1. The molecule has 1 N–H and O–H groups in total. The Balaban J connectivity index is 1.57. The van der Waals surface area contributed by atoms with Crippen LogP contribution in [0.25, 0.3) is 0 Å². The molecule has 0 amide bonds. The Morgan fingerprint density at radius 2 is 2.10 bits per heavy atom. The number of hydrogen-bond donors (Lipinski definition) is 1. The molecule has 0 spiro atoms. The summed E-state index contributed by atoms with van der Waals surface area (Å²) in [6, 6.07) is 2.32. The van der Waals surface area contributed by atoms with Gasteiger partial charge in [-0.3, -0.25) is 0 Å². The standard InChI is InChI=1S/C15H22N6/c1-2-20-10-8-16-14(20)11-19-13-5-3-9-21(12-13)15-17-6-4-7-18-15/h4,6-8,10,13,19H,2-3,5,9,11-12H2,1H3. The third kappa shape index (κ3) is 3.39. The molecule has 6 heteroatoms. The van der Waals surface area contributed by atoms with E-state index in [1.807, 2.05) is 18.5 Å². The van der Waals surface area contributed by atoms with Gasteiger partial charge in [0.05, 0.1) is 6.54 Å². The molecule has 21 heavy (non-hydrogen) atoms. The van der Waals surface area contributed by atoms with Gasteiger partial charge in [-0.1, -0.05) is 0 Å². The monoisotopic (exact) mass is 286 g/mol. The lowest BCUT2D eigenvalue weighted by Crippen LogP contribution is -2.46. The lowest BCUT2D eigenvalue weighted by Gasteiger charge is -2.33. The van der Waals surface area contributed by atoms with Crippen molar-refractivity contribution in [1.29, 1.82) is 0 Å². The van der Waals surface area contributed by atoms with Gasteiger partial charge >= 0.3 is 0 Å². The zero-order chi connectivity index (χ0) is 14.5. The highest BCUT2D eigenvalue weighted by Crippen LogP contribution is 2.15. The van der Waals surface area contributed by atoms with Crippen LogP contribution >= 0.6 is 0 Å². The SMILES string of the molecule is CCn1ccnc1CNC1CCCN(c2ncccn2)C1. The molecule has 0 bridgehead atoms. The minimum Gasteiger partial charge on any atom is -0.339 e. The smallest absolute Gasteiger partial charge is 0.225 e. The molecule has 112 valence electrons. The first-order chi connectivity index (χ1) is 10.4. The van der Waals surface area contributed by atoms with Crippen LogP contribution in [0.1, 0.15) is 25.6 Å². The number of hydrogen-bond acceptors (Lipinski definition) is 5. The van der Waals surface area contributed by atoms with E-state index in [2.05, 4.69) is 36.7 Å². The molecule has 3 heterocycles. The van der Waals surface area contributed by atoms with E-state index in [1.165, 1.54) is 6.42 Å². The van der Waals surface area contributed by atoms with E-state index in [4.69, 9.17) is 0 Å². The zero-order valence-electron chi connectivity index (χ0n) is 12.4. The summed E-state index contributed by atoms with van der Waals surface area (Å²) in [5.41, 5.74) is 0. The van der Waals surface area contributed by atoms with Gasteiger partial charge in [0.1, 0.15) is 5.82 Å². The Morgan fingerprint density at radius 1 is 1.24 bits per heavy atom. The third-order valence-electron chi connectivity index (χ3n) is 3.95. The highest BCUT2D eigenvalue weighted by molar-refractivity contribution is 5.29. The van der Waals surface area contributed by atoms with Crippen molar-refractivity contribution in [2.45, 2.75) is 38.9 Å². The molecule has 2 aromatic rings. The van der Waals surface area contributed by atoms with Crippen LogP contribution in [0.3, 0.4) is 0 Å². The minimum atomic E-state index is 0.463. The van der Waals surface area contributed by atoms with Crippen LogP contribution in [-0.4, -0.2) is 38.7 Å². The summed E-state index contributed by atoms with van der Waals surface area (Å²) in [7, 11) is 0. The largest absolute Gasteiger partial charge is 0.339 e. The number of imidazole rings is 1. The summed E-state index contributed by atoms with van der Waals surface area (Å²) < 4.78 is 2.17. The topological polar surface area (TPSA) is 58.9 Å². The second kappa shape index (κ2) is 6.67. The highest BCUT2D eigenvalue weighted by atomic mass is 15.3. The van der Waals surface area contributed by atoms with Crippen molar-refractivity contribution in [3.05, 3.63) is 36.7 Å². The predicted molar refractivity (Wildman–Crippen MR) is 82.0 cm³/mol. The van der Waals surface area contributed by atoms with E-state index in [1.54, 1.807) is 12.4 Å². The number of anilines is 1. The van der Waals surface area contributed by atoms with Crippen LogP contribution in [0.15, 0.2) is 30.9 Å². The molecule has 1 aliphatic rings. The van der Waals surface area contributed by atoms with Gasteiger partial charge in [0.15, 0.2) is 0 Å². The fourth-order valence-electron chi connectivity index (χ4n) is 2.81. The fraction of sp³-hybridized carbons (Fsp3) is 0.533. The highest BCUT2D eigenvalue weighted by Gasteiger charge is 2.21. The molecule has 3 rings (SSSR count). The minimum absolute atomic E-state index is 0.463. The van der Waals surface area contributed by atoms with Gasteiger partial charge in [-0.05, 0) is 25.8 Å². The Kier molecular flexibility index (Phi) is 4.45. The summed E-state index contributed by atoms with van der Waals surface area (Å²) in [5, 5.41) is 3.62. The molecule has 0 aliphatic carbocycles. The van der Waals surface area contributed by atoms with Crippen molar-refractivity contribution < 1.29 is 0 Å². The van der Waals surface area contributed by atoms with Crippen molar-refractivity contribution in [2.75, 3.05) is 18.0 Å². The van der Waals surface area contributed by atoms with Gasteiger partial charge in [-0.25, -0.2) is 15.0 Å². The molecule has 6 nitrogen and oxygen atoms in total. The first kappa shape index (κ1) is 14.0. The van der Waals surface area contributed by atoms with Crippen molar-refractivity contribution in [3.63, 3.8) is 0 Å². The van der Waals surface area contributed by atoms with Crippen LogP contribution in [-0.2, 0) is 13.1 Å². The van der Waals surface area contributed by atoms with Crippen molar-refractivity contribution in [2.24, 2.45) is 0 Å². The summed E-state index contributed by atoms with van der Waals surface area (Å²) in [6.45, 7) is 5.91. The van der Waals surface area contributed by atoms with Crippen LogP contribution in [0.2, 0.25) is 0 Å². The van der Waals surface area contributed by atoms with E-state index >= 15 is 0 Å². The summed E-state index contributed by atoms with van der Waals surface area (Å²) in [6.07, 6.45) is 9.86. The number of rotatable bonds is 5. The second-order valence-electron chi connectivity index (χ2n) is 5.34. The van der Waals surface area contributed by atoms with Crippen LogP contribution in [0.5, 0.6) is 0 Å².